The van der Waals surface area contributed by atoms with Crippen molar-refractivity contribution in [2.75, 3.05) is 125 Å². The Labute approximate surface area is 824 Å². The van der Waals surface area contributed by atoms with Crippen LogP contribution in [0.25, 0.3) is 67.8 Å². The Morgan fingerprint density at radius 1 is 0.424 bits per heavy atom. The van der Waals surface area contributed by atoms with E-state index in [2.05, 4.69) is 111 Å². The number of nitrogens with zero attached hydrogens (tertiary/aromatic N) is 20. The van der Waals surface area contributed by atoms with Crippen molar-refractivity contribution in [1.82, 2.24) is 79.4 Å². The van der Waals surface area contributed by atoms with Crippen LogP contribution in [0.2, 0.25) is 0 Å². The second kappa shape index (κ2) is 56.9. The molecule has 0 atom stereocenters. The molecule has 34 nitrogen and oxygen atoms in total. The number of benzene rings is 8. The normalized spacial score (nSPS) is 12.0. The van der Waals surface area contributed by atoms with Gasteiger partial charge in [0.15, 0.2) is 11.7 Å². The van der Waals surface area contributed by atoms with Gasteiger partial charge >= 0.3 is 18.1 Å². The molecule has 14 aromatic rings. The molecule has 0 amide bonds. The first-order chi connectivity index (χ1) is 69.4. The molecule has 756 valence electrons. The molecule has 1 aliphatic heterocycles. The lowest BCUT2D eigenvalue weighted by molar-refractivity contribution is 0.198. The molecule has 0 saturated carbocycles. The number of anilines is 2. The molecule has 42 heteroatoms. The Morgan fingerprint density at radius 2 is 0.778 bits per heavy atom. The van der Waals surface area contributed by atoms with E-state index in [4.69, 9.17) is 35.3 Å². The van der Waals surface area contributed by atoms with Gasteiger partial charge in [-0.25, -0.2) is 58.8 Å². The number of aromatic nitrogens is 12. The molecule has 1 saturated heterocycles. The van der Waals surface area contributed by atoms with E-state index in [0.29, 0.717) is 66.5 Å². The van der Waals surface area contributed by atoms with E-state index in [-0.39, 0.29) is 111 Å². The summed E-state index contributed by atoms with van der Waals surface area (Å²) in [5.41, 5.74) is 17.8. The summed E-state index contributed by atoms with van der Waals surface area (Å²) in [7, 11) is 12.2. The number of aliphatic imine (C=N–C) groups is 3. The summed E-state index contributed by atoms with van der Waals surface area (Å²) >= 11 is 0. The quantitative estimate of drug-likeness (QED) is 0.00536. The van der Waals surface area contributed by atoms with E-state index in [1.807, 2.05) is 97.5 Å². The van der Waals surface area contributed by atoms with Crippen molar-refractivity contribution in [1.29, 1.82) is 0 Å². The maximum absolute atomic E-state index is 13.6. The van der Waals surface area contributed by atoms with E-state index < -0.39 is 46.5 Å². The van der Waals surface area contributed by atoms with Gasteiger partial charge in [0.1, 0.15) is 46.5 Å². The number of amidine groups is 3. The Morgan fingerprint density at radius 3 is 1.13 bits per heavy atom. The molecule has 7 heterocycles. The van der Waals surface area contributed by atoms with Gasteiger partial charge in [0.2, 0.25) is 11.6 Å². The molecule has 0 spiro atoms. The standard InChI is InChI=1S/C26H31F2N7O2.C24H24F2N6O2.C21H17F2N5O2.C18H14F2N4O2.C9H19N3.C4H8O/c1-4-30-26(31-11-6-12-34(2)3)37-33-25(29)19-8-5-7-18(13-19)17-35-24(36)10-9-23(32-35)20-14-21(27)16-22(28)15-20;1-31(2)10-4-9-27-24-28-23(30-34-24)17-6-3-5-16(11-17)15-32-22(33)8-7-21(29-32)18-12-19(25)14-20(26)13-18;1-2-24-21-25-20(27-30-21)14-5-3-4-13(8-14)12-28-19(29)7-6-18(26-28)15-9-16(22)11-17(23)10-15;19-14-7-13(8-15(20)9-14)16-4-5-17(25)24(22-16)10-11-2-1-3-12(6-11)18(21)23-26;1-4-10-7-8-11-6-5-9-12(2)3;1-2-4-5-3-1/h5,7-10,13-16H,4,6,11-12,17H2,1-3H3,(H2,29,33)(H,30,31);3,5-8,11-14H,4,9-10,15H2,1-2H3,(H,27,28,30);3-11H,2,12H2,1H3,(H,24,25,27);1-9,26H,10H2,(H2,21,23);7-8H,4-6,9H2,1-3H3;1-4H2. The monoisotopic (exact) mass is 1980 g/mol. The first kappa shape index (κ1) is 110. The maximum Gasteiger partial charge on any atom is 0.321 e. The highest BCUT2D eigenvalue weighted by molar-refractivity contribution is 6.16. The molecule has 0 bridgehead atoms. The van der Waals surface area contributed by atoms with Crippen LogP contribution in [0.15, 0.2) is 272 Å². The van der Waals surface area contributed by atoms with Gasteiger partial charge in [0, 0.05) is 158 Å². The van der Waals surface area contributed by atoms with Crippen LogP contribution in [0.4, 0.5) is 47.2 Å². The number of rotatable bonds is 35. The highest BCUT2D eigenvalue weighted by Crippen LogP contribution is 2.27. The van der Waals surface area contributed by atoms with Crippen LogP contribution in [0.5, 0.6) is 0 Å². The highest BCUT2D eigenvalue weighted by Gasteiger charge is 2.18. The van der Waals surface area contributed by atoms with Crippen LogP contribution in [0.1, 0.15) is 86.3 Å². The number of hydrogen-bond donors (Lipinski definition) is 6. The van der Waals surface area contributed by atoms with Crippen LogP contribution in [-0.2, 0) is 35.8 Å². The first-order valence-corrected chi connectivity index (χ1v) is 45.8. The molecule has 6 aromatic heterocycles. The van der Waals surface area contributed by atoms with Crippen molar-refractivity contribution in [3.63, 3.8) is 0 Å². The molecule has 144 heavy (non-hydrogen) atoms. The molecule has 8 aromatic carbocycles. The molecular weight excluding hydrogens is 1870 g/mol. The molecule has 1 fully saturated rings. The zero-order valence-electron chi connectivity index (χ0n) is 80.9. The maximum atomic E-state index is 13.6. The van der Waals surface area contributed by atoms with E-state index in [0.717, 1.165) is 142 Å². The molecule has 1 aliphatic rings. The number of oxime groups is 2. The van der Waals surface area contributed by atoms with Gasteiger partial charge in [-0.05, 0) is 234 Å². The van der Waals surface area contributed by atoms with Crippen LogP contribution < -0.4 is 49.7 Å². The topological polar surface area (TPSA) is 416 Å². The predicted octanol–water partition coefficient (Wildman–Crippen LogP) is 14.4. The first-order valence-electron chi connectivity index (χ1n) is 45.8. The lowest BCUT2D eigenvalue weighted by Gasteiger charge is -2.10. The highest BCUT2D eigenvalue weighted by atomic mass is 19.2. The summed E-state index contributed by atoms with van der Waals surface area (Å²) in [6.07, 6.45) is 9.01. The summed E-state index contributed by atoms with van der Waals surface area (Å²) in [5.74, 6) is -4.87. The molecule has 0 aliphatic carbocycles. The van der Waals surface area contributed by atoms with E-state index in [1.54, 1.807) is 61.0 Å². The fourth-order valence-corrected chi connectivity index (χ4v) is 13.5. The van der Waals surface area contributed by atoms with E-state index >= 15 is 0 Å². The van der Waals surface area contributed by atoms with Crippen LogP contribution in [0.3, 0.4) is 0 Å². The van der Waals surface area contributed by atoms with Gasteiger partial charge in [0.25, 0.3) is 22.2 Å². The van der Waals surface area contributed by atoms with Gasteiger partial charge in [-0.3, -0.25) is 29.2 Å². The minimum atomic E-state index is -0.731. The number of halogens is 8. The van der Waals surface area contributed by atoms with Gasteiger partial charge in [-0.1, -0.05) is 93.4 Å². The average molecular weight is 1990 g/mol. The Hall–Kier alpha value is -16.2. The molecule has 15 rings (SSSR count). The van der Waals surface area contributed by atoms with Crippen molar-refractivity contribution in [2.24, 2.45) is 36.8 Å². The van der Waals surface area contributed by atoms with Gasteiger partial charge in [0.05, 0.1) is 49.0 Å². The van der Waals surface area contributed by atoms with Crippen LogP contribution >= 0.6 is 0 Å². The van der Waals surface area contributed by atoms with Gasteiger partial charge in [-0.2, -0.15) is 30.4 Å². The summed E-state index contributed by atoms with van der Waals surface area (Å²) in [5, 5.41) is 49.7. The van der Waals surface area contributed by atoms with E-state index in [9.17, 15) is 54.3 Å². The zero-order valence-corrected chi connectivity index (χ0v) is 80.9. The summed E-state index contributed by atoms with van der Waals surface area (Å²) in [6.45, 7) is 15.6. The number of nitrogens with two attached hydrogens (primary N) is 2. The van der Waals surface area contributed by atoms with Crippen LogP contribution in [-0.4, -0.2) is 224 Å². The lowest BCUT2D eigenvalue weighted by Crippen LogP contribution is -2.26. The summed E-state index contributed by atoms with van der Waals surface area (Å²) in [6, 6.07) is 52.7. The average Bonchev–Trinajstić information content (AvgIpc) is 1.30. The van der Waals surface area contributed by atoms with Crippen molar-refractivity contribution < 1.29 is 59.0 Å². The predicted molar refractivity (Wildman–Crippen MR) is 539 cm³/mol. The Kier molecular flexibility index (Phi) is 43.4. The fourth-order valence-electron chi connectivity index (χ4n) is 13.5. The Bertz CT molecular complexity index is 6850. The van der Waals surface area contributed by atoms with E-state index in [1.165, 1.54) is 104 Å². The van der Waals surface area contributed by atoms with Crippen molar-refractivity contribution >= 4 is 42.2 Å². The molecular formula is C102H113F8N25O9. The second-order valence-electron chi connectivity index (χ2n) is 32.9. The van der Waals surface area contributed by atoms with Gasteiger partial charge in [-0.15, -0.1) is 0 Å². The third-order valence-corrected chi connectivity index (χ3v) is 20.3. The Balaban J connectivity index is 0.000000187. The van der Waals surface area contributed by atoms with Crippen molar-refractivity contribution in [2.45, 2.75) is 79.1 Å². The zero-order chi connectivity index (χ0) is 103. The minimum Gasteiger partial charge on any atom is -0.409 e. The smallest absolute Gasteiger partial charge is 0.321 e. The summed E-state index contributed by atoms with van der Waals surface area (Å²) < 4.78 is 129. The lowest BCUT2D eigenvalue weighted by atomic mass is 10.1. The van der Waals surface area contributed by atoms with Crippen molar-refractivity contribution in [3.8, 4) is 67.8 Å². The number of ether oxygens (including phenoxy) is 1. The molecule has 0 radical (unpaired) electrons. The number of hydrogen-bond acceptors (Lipinski definition) is 27. The largest absolute Gasteiger partial charge is 0.409 e. The molecule has 8 N–H and O–H groups in total. The molecule has 0 unspecified atom stereocenters. The SMILES string of the molecule is C1CCOC1.CCN=CC=NCCCN(C)C.CCNC(=NCCCN(C)C)O/N=C(\N)c1cccc(Cn2nc(-c3cc(F)cc(F)c3)ccc2=O)c1.CCNc1nc(-c2cccc(Cn3nc(-c4cc(F)cc(F)c4)ccc3=O)c2)no1.CN(C)CCCNc1nc(-c2cccc(Cn3nc(-c4cc(F)cc(F)c4)ccc3=O)c2)no1.N/C(=N\O)c1cccc(Cn2nc(-c3cc(F)cc(F)c3)ccc2=O)c1. The second-order valence-corrected chi connectivity index (χ2v) is 32.9. The summed E-state index contributed by atoms with van der Waals surface area (Å²) in [4.78, 5) is 82.1. The fraction of sp³-hybridized carbons (Fsp3) is 0.284. The minimum absolute atomic E-state index is 0.0591. The van der Waals surface area contributed by atoms with Crippen molar-refractivity contribution in [3.05, 3.63) is 340 Å². The third kappa shape index (κ3) is 36.8. The van der Waals surface area contributed by atoms with Crippen LogP contribution in [0, 0.1) is 46.5 Å². The van der Waals surface area contributed by atoms with Gasteiger partial charge < -0.3 is 65.9 Å². The third-order valence-electron chi connectivity index (χ3n) is 20.3. The number of nitrogens with one attached hydrogen (secondary N) is 3.